The van der Waals surface area contributed by atoms with Gasteiger partial charge >= 0.3 is 6.18 Å². The Hall–Kier alpha value is -2.57. The first kappa shape index (κ1) is 18.2. The highest BCUT2D eigenvalue weighted by molar-refractivity contribution is 6.06. The number of aryl methyl sites for hydroxylation is 1. The molecule has 1 amide bonds. The molecule has 0 atom stereocenters. The lowest BCUT2D eigenvalue weighted by Crippen LogP contribution is -2.41. The van der Waals surface area contributed by atoms with Gasteiger partial charge in [0.05, 0.1) is 5.56 Å². The molecule has 0 spiro atoms. The number of alkyl halides is 3. The first-order chi connectivity index (χ1) is 12.3. The molecule has 1 N–H and O–H groups in total. The van der Waals surface area contributed by atoms with E-state index in [4.69, 9.17) is 0 Å². The van der Waals surface area contributed by atoms with E-state index in [1.807, 2.05) is 0 Å². The van der Waals surface area contributed by atoms with E-state index in [2.05, 4.69) is 4.98 Å². The van der Waals surface area contributed by atoms with E-state index >= 15 is 0 Å². The Kier molecular flexibility index (Phi) is 4.89. The molecule has 4 nitrogen and oxygen atoms in total. The Morgan fingerprint density at radius 3 is 2.46 bits per heavy atom. The van der Waals surface area contributed by atoms with Crippen molar-refractivity contribution in [2.24, 2.45) is 0 Å². The van der Waals surface area contributed by atoms with Crippen LogP contribution in [0.2, 0.25) is 0 Å². The summed E-state index contributed by atoms with van der Waals surface area (Å²) in [5.74, 6) is -0.572. The number of hydrogen-bond acceptors (Lipinski definition) is 2. The second-order valence-electron chi connectivity index (χ2n) is 6.55. The van der Waals surface area contributed by atoms with Gasteiger partial charge in [0.2, 0.25) is 0 Å². The number of amides is 1. The first-order valence-electron chi connectivity index (χ1n) is 8.48. The van der Waals surface area contributed by atoms with Crippen LogP contribution in [0.3, 0.4) is 0 Å². The van der Waals surface area contributed by atoms with Crippen LogP contribution in [0.1, 0.15) is 47.3 Å². The third kappa shape index (κ3) is 3.66. The number of aromatic amines is 1. The van der Waals surface area contributed by atoms with Crippen LogP contribution in [0, 0.1) is 6.92 Å². The average molecular weight is 364 g/mol. The van der Waals surface area contributed by atoms with Gasteiger partial charge in [0.1, 0.15) is 5.56 Å². The lowest BCUT2D eigenvalue weighted by atomic mass is 10.1. The second kappa shape index (κ2) is 6.97. The van der Waals surface area contributed by atoms with Gasteiger partial charge in [-0.1, -0.05) is 18.9 Å². The third-order valence-corrected chi connectivity index (χ3v) is 4.65. The molecule has 0 unspecified atom stereocenters. The van der Waals surface area contributed by atoms with Crippen LogP contribution in [-0.4, -0.2) is 16.9 Å². The van der Waals surface area contributed by atoms with Gasteiger partial charge in [-0.05, 0) is 50.1 Å². The summed E-state index contributed by atoms with van der Waals surface area (Å²) in [6, 6.07) is 7.52. The Labute approximate surface area is 148 Å². The number of benzene rings is 1. The number of nitrogens with zero attached hydrogens (tertiary/aromatic N) is 1. The SMILES string of the molecule is Cc1ccc(C(=O)N(c2cccc(C(F)(F)F)c2)C2CCCC2)c(=O)[nH]1. The van der Waals surface area contributed by atoms with Crippen LogP contribution in [0.25, 0.3) is 0 Å². The maximum atomic E-state index is 13.1. The van der Waals surface area contributed by atoms with E-state index in [0.29, 0.717) is 18.5 Å². The van der Waals surface area contributed by atoms with Gasteiger partial charge in [0.25, 0.3) is 11.5 Å². The lowest BCUT2D eigenvalue weighted by Gasteiger charge is -2.29. The molecule has 0 aliphatic heterocycles. The minimum Gasteiger partial charge on any atom is -0.326 e. The largest absolute Gasteiger partial charge is 0.416 e. The number of carbonyl (C=O) groups is 1. The predicted octanol–water partition coefficient (Wildman–Crippen LogP) is 4.29. The quantitative estimate of drug-likeness (QED) is 0.883. The molecule has 138 valence electrons. The number of hydrogen-bond donors (Lipinski definition) is 1. The molecular formula is C19H19F3N2O2. The summed E-state index contributed by atoms with van der Waals surface area (Å²) in [5.41, 5.74) is -0.650. The molecule has 1 heterocycles. The van der Waals surface area contributed by atoms with Crippen molar-refractivity contribution < 1.29 is 18.0 Å². The Bertz CT molecular complexity index is 868. The number of anilines is 1. The molecule has 0 bridgehead atoms. The van der Waals surface area contributed by atoms with E-state index in [1.165, 1.54) is 23.1 Å². The van der Waals surface area contributed by atoms with Gasteiger partial charge in [-0.15, -0.1) is 0 Å². The van der Waals surface area contributed by atoms with Crippen LogP contribution in [0.4, 0.5) is 18.9 Å². The van der Waals surface area contributed by atoms with Gasteiger partial charge in [0.15, 0.2) is 0 Å². The number of aromatic nitrogens is 1. The molecule has 2 aromatic rings. The number of carbonyl (C=O) groups excluding carboxylic acids is 1. The summed E-state index contributed by atoms with van der Waals surface area (Å²) < 4.78 is 39.2. The van der Waals surface area contributed by atoms with E-state index in [9.17, 15) is 22.8 Å². The minimum atomic E-state index is -4.50. The van der Waals surface area contributed by atoms with Gasteiger partial charge in [-0.3, -0.25) is 9.59 Å². The van der Waals surface area contributed by atoms with Gasteiger partial charge in [-0.25, -0.2) is 0 Å². The number of rotatable bonds is 3. The van der Waals surface area contributed by atoms with E-state index in [1.54, 1.807) is 13.0 Å². The molecule has 1 aromatic carbocycles. The van der Waals surface area contributed by atoms with Gasteiger partial charge in [-0.2, -0.15) is 13.2 Å². The van der Waals surface area contributed by atoms with Crippen molar-refractivity contribution in [3.05, 3.63) is 63.6 Å². The Morgan fingerprint density at radius 2 is 1.85 bits per heavy atom. The van der Waals surface area contributed by atoms with Crippen LogP contribution in [0.5, 0.6) is 0 Å². The van der Waals surface area contributed by atoms with Crippen molar-refractivity contribution in [3.63, 3.8) is 0 Å². The molecule has 1 saturated carbocycles. The monoisotopic (exact) mass is 364 g/mol. The highest BCUT2D eigenvalue weighted by Crippen LogP contribution is 2.34. The molecule has 1 aromatic heterocycles. The molecule has 26 heavy (non-hydrogen) atoms. The lowest BCUT2D eigenvalue weighted by molar-refractivity contribution is -0.137. The topological polar surface area (TPSA) is 53.2 Å². The van der Waals surface area contributed by atoms with Crippen molar-refractivity contribution in [1.82, 2.24) is 4.98 Å². The molecule has 1 fully saturated rings. The summed E-state index contributed by atoms with van der Waals surface area (Å²) in [6.07, 6.45) is -1.30. The number of halogens is 3. The van der Waals surface area contributed by atoms with Crippen molar-refractivity contribution >= 4 is 11.6 Å². The second-order valence-corrected chi connectivity index (χ2v) is 6.55. The summed E-state index contributed by atoms with van der Waals surface area (Å²) in [7, 11) is 0. The highest BCUT2D eigenvalue weighted by Gasteiger charge is 2.34. The molecule has 0 radical (unpaired) electrons. The number of H-pyrrole nitrogens is 1. The van der Waals surface area contributed by atoms with Gasteiger partial charge < -0.3 is 9.88 Å². The summed E-state index contributed by atoms with van der Waals surface area (Å²) in [5, 5.41) is 0. The fourth-order valence-corrected chi connectivity index (χ4v) is 3.36. The smallest absolute Gasteiger partial charge is 0.326 e. The Morgan fingerprint density at radius 1 is 1.15 bits per heavy atom. The zero-order valence-corrected chi connectivity index (χ0v) is 14.3. The van der Waals surface area contributed by atoms with Crippen molar-refractivity contribution in [2.45, 2.75) is 44.8 Å². The van der Waals surface area contributed by atoms with Crippen LogP contribution >= 0.6 is 0 Å². The van der Waals surface area contributed by atoms with Crippen molar-refractivity contribution in [1.29, 1.82) is 0 Å². The van der Waals surface area contributed by atoms with E-state index in [0.717, 1.165) is 25.0 Å². The van der Waals surface area contributed by atoms with Gasteiger partial charge in [0, 0.05) is 17.4 Å². The van der Waals surface area contributed by atoms with Crippen molar-refractivity contribution in [3.8, 4) is 0 Å². The predicted molar refractivity (Wildman–Crippen MR) is 92.3 cm³/mol. The maximum absolute atomic E-state index is 13.1. The molecule has 0 saturated heterocycles. The van der Waals surface area contributed by atoms with Crippen LogP contribution in [-0.2, 0) is 6.18 Å². The minimum absolute atomic E-state index is 0.0695. The van der Waals surface area contributed by atoms with Crippen molar-refractivity contribution in [2.75, 3.05) is 4.90 Å². The number of nitrogens with one attached hydrogen (secondary N) is 1. The number of pyridine rings is 1. The standard InChI is InChI=1S/C19H19F3N2O2/c1-12-9-10-16(17(25)23-12)18(26)24(14-6-2-3-7-14)15-8-4-5-13(11-15)19(20,21)22/h4-5,8-11,14H,2-3,6-7H2,1H3,(H,23,25). The zero-order chi connectivity index (χ0) is 18.9. The molecule has 1 aliphatic carbocycles. The summed E-state index contributed by atoms with van der Waals surface area (Å²) in [4.78, 5) is 29.1. The summed E-state index contributed by atoms with van der Waals surface area (Å²) in [6.45, 7) is 1.69. The highest BCUT2D eigenvalue weighted by atomic mass is 19.4. The fraction of sp³-hybridized carbons (Fsp3) is 0.368. The maximum Gasteiger partial charge on any atom is 0.416 e. The van der Waals surface area contributed by atoms with Crippen LogP contribution in [0.15, 0.2) is 41.2 Å². The fourth-order valence-electron chi connectivity index (χ4n) is 3.36. The van der Waals surface area contributed by atoms with E-state index < -0.39 is 23.2 Å². The van der Waals surface area contributed by atoms with Crippen LogP contribution < -0.4 is 10.5 Å². The normalized spacial score (nSPS) is 15.2. The molecule has 3 rings (SSSR count). The summed E-state index contributed by atoms with van der Waals surface area (Å²) >= 11 is 0. The van der Waals surface area contributed by atoms with E-state index in [-0.39, 0.29) is 17.3 Å². The molecule has 1 aliphatic rings. The third-order valence-electron chi connectivity index (χ3n) is 4.65. The molecule has 7 heteroatoms. The average Bonchev–Trinajstić information content (AvgIpc) is 3.08. The Balaban J connectivity index is 2.06. The molecular weight excluding hydrogens is 345 g/mol. The first-order valence-corrected chi connectivity index (χ1v) is 8.48. The zero-order valence-electron chi connectivity index (χ0n) is 14.3.